The summed E-state index contributed by atoms with van der Waals surface area (Å²) in [7, 11) is 0. The average Bonchev–Trinajstić information content (AvgIpc) is 2.46. The Labute approximate surface area is 118 Å². The molecular weight excluding hydrogens is 260 g/mol. The maximum Gasteiger partial charge on any atom is 0.191 e. The second-order valence-electron chi connectivity index (χ2n) is 4.58. The molecule has 0 spiro atoms. The second kappa shape index (κ2) is 7.55. The average molecular weight is 282 g/mol. The van der Waals surface area contributed by atoms with Gasteiger partial charge in [-0.05, 0) is 25.5 Å². The molecule has 0 aromatic carbocycles. The van der Waals surface area contributed by atoms with Crippen molar-refractivity contribution in [2.24, 2.45) is 0 Å². The molecule has 19 heavy (non-hydrogen) atoms. The first kappa shape index (κ1) is 14.4. The highest BCUT2D eigenvalue weighted by Gasteiger charge is 2.14. The van der Waals surface area contributed by atoms with Gasteiger partial charge >= 0.3 is 0 Å². The molecule has 1 aromatic rings. The van der Waals surface area contributed by atoms with Crippen molar-refractivity contribution in [1.82, 2.24) is 9.97 Å². The van der Waals surface area contributed by atoms with Crippen LogP contribution in [0.4, 0.5) is 11.6 Å². The lowest BCUT2D eigenvalue weighted by atomic mass is 10.1. The molecule has 2 rings (SSSR count). The van der Waals surface area contributed by atoms with Gasteiger partial charge in [-0.25, -0.2) is 9.97 Å². The van der Waals surface area contributed by atoms with Crippen LogP contribution in [0.25, 0.3) is 0 Å². The number of thioether (sulfide) groups is 1. The van der Waals surface area contributed by atoms with Crippen molar-refractivity contribution in [2.75, 3.05) is 36.6 Å². The molecule has 0 unspecified atom stereocenters. The van der Waals surface area contributed by atoms with Crippen LogP contribution >= 0.6 is 11.8 Å². The first-order chi connectivity index (χ1) is 9.31. The van der Waals surface area contributed by atoms with Gasteiger partial charge < -0.3 is 15.4 Å². The Balaban J connectivity index is 2.04. The van der Waals surface area contributed by atoms with E-state index in [9.17, 15) is 0 Å². The number of nitrogens with zero attached hydrogens (tertiary/aromatic N) is 2. The predicted molar refractivity (Wildman–Crippen MR) is 80.1 cm³/mol. The predicted octanol–water partition coefficient (Wildman–Crippen LogP) is 2.61. The molecular formula is C13H22N4OS. The minimum atomic E-state index is 0.456. The monoisotopic (exact) mass is 282 g/mol. The molecule has 0 aliphatic carbocycles. The van der Waals surface area contributed by atoms with Crippen LogP contribution in [0.5, 0.6) is 0 Å². The summed E-state index contributed by atoms with van der Waals surface area (Å²) in [4.78, 5) is 8.97. The van der Waals surface area contributed by atoms with Gasteiger partial charge in [-0.1, -0.05) is 18.7 Å². The van der Waals surface area contributed by atoms with Gasteiger partial charge in [0.05, 0.1) is 0 Å². The van der Waals surface area contributed by atoms with E-state index in [1.165, 1.54) is 0 Å². The number of hydrogen-bond acceptors (Lipinski definition) is 6. The lowest BCUT2D eigenvalue weighted by molar-refractivity contribution is 0.0904. The normalized spacial score (nSPS) is 16.3. The molecule has 1 fully saturated rings. The topological polar surface area (TPSA) is 59.1 Å². The third-order valence-electron chi connectivity index (χ3n) is 3.02. The molecule has 5 nitrogen and oxygen atoms in total. The Bertz CT molecular complexity index is 396. The van der Waals surface area contributed by atoms with Crippen molar-refractivity contribution in [3.63, 3.8) is 0 Å². The zero-order valence-corrected chi connectivity index (χ0v) is 12.4. The molecule has 0 bridgehead atoms. The van der Waals surface area contributed by atoms with E-state index in [-0.39, 0.29) is 0 Å². The summed E-state index contributed by atoms with van der Waals surface area (Å²) >= 11 is 1.57. The second-order valence-corrected chi connectivity index (χ2v) is 5.36. The van der Waals surface area contributed by atoms with E-state index in [0.717, 1.165) is 55.8 Å². The van der Waals surface area contributed by atoms with E-state index >= 15 is 0 Å². The van der Waals surface area contributed by atoms with Crippen LogP contribution < -0.4 is 10.6 Å². The number of nitrogens with one attached hydrogen (secondary N) is 2. The van der Waals surface area contributed by atoms with Gasteiger partial charge in [0.15, 0.2) is 5.16 Å². The quantitative estimate of drug-likeness (QED) is 0.618. The molecule has 0 atom stereocenters. The first-order valence-corrected chi connectivity index (χ1v) is 8.05. The maximum atomic E-state index is 5.37. The highest BCUT2D eigenvalue weighted by atomic mass is 32.2. The number of aromatic nitrogens is 2. The van der Waals surface area contributed by atoms with E-state index in [4.69, 9.17) is 4.74 Å². The number of hydrogen-bond donors (Lipinski definition) is 2. The Hall–Kier alpha value is -1.01. The summed E-state index contributed by atoms with van der Waals surface area (Å²) < 4.78 is 5.37. The summed E-state index contributed by atoms with van der Waals surface area (Å²) in [6.07, 6.45) is 5.16. The summed E-state index contributed by atoms with van der Waals surface area (Å²) in [6.45, 7) is 4.74. The van der Waals surface area contributed by atoms with Crippen molar-refractivity contribution in [2.45, 2.75) is 37.4 Å². The molecule has 2 heterocycles. The Morgan fingerprint density at radius 2 is 2.05 bits per heavy atom. The lowest BCUT2D eigenvalue weighted by Crippen LogP contribution is -2.28. The first-order valence-electron chi connectivity index (χ1n) is 6.83. The molecule has 0 amide bonds. The van der Waals surface area contributed by atoms with Gasteiger partial charge in [0.2, 0.25) is 0 Å². The Morgan fingerprint density at radius 1 is 1.32 bits per heavy atom. The van der Waals surface area contributed by atoms with E-state index in [2.05, 4.69) is 27.5 Å². The zero-order valence-electron chi connectivity index (χ0n) is 11.6. The van der Waals surface area contributed by atoms with Crippen molar-refractivity contribution in [3.05, 3.63) is 6.07 Å². The molecule has 1 aliphatic rings. The van der Waals surface area contributed by atoms with E-state index in [0.29, 0.717) is 6.04 Å². The van der Waals surface area contributed by atoms with E-state index in [1.807, 2.05) is 12.3 Å². The Kier molecular flexibility index (Phi) is 5.72. The molecule has 106 valence electrons. The van der Waals surface area contributed by atoms with Crippen LogP contribution in [0.2, 0.25) is 0 Å². The van der Waals surface area contributed by atoms with E-state index < -0.39 is 0 Å². The van der Waals surface area contributed by atoms with Gasteiger partial charge in [0.1, 0.15) is 11.6 Å². The highest BCUT2D eigenvalue weighted by Crippen LogP contribution is 2.20. The smallest absolute Gasteiger partial charge is 0.191 e. The summed E-state index contributed by atoms with van der Waals surface area (Å²) in [5, 5.41) is 7.61. The fourth-order valence-corrected chi connectivity index (χ4v) is 2.36. The molecule has 1 aromatic heterocycles. The lowest BCUT2D eigenvalue weighted by Gasteiger charge is -2.23. The van der Waals surface area contributed by atoms with Crippen LogP contribution in [0.1, 0.15) is 26.2 Å². The summed E-state index contributed by atoms with van der Waals surface area (Å²) in [5.74, 6) is 1.81. The van der Waals surface area contributed by atoms with Gasteiger partial charge in [0.25, 0.3) is 0 Å². The standard InChI is InChI=1S/C13H22N4OS/c1-3-6-14-11-9-12(17-13(16-11)19-2)15-10-4-7-18-8-5-10/h9-10H,3-8H2,1-2H3,(H2,14,15,16,17). The Morgan fingerprint density at radius 3 is 2.74 bits per heavy atom. The minimum absolute atomic E-state index is 0.456. The van der Waals surface area contributed by atoms with Gasteiger partial charge in [-0.2, -0.15) is 0 Å². The SMILES string of the molecule is CCCNc1cc(NC2CCOCC2)nc(SC)n1. The number of anilines is 2. The van der Waals surface area contributed by atoms with E-state index in [1.54, 1.807) is 11.8 Å². The third kappa shape index (κ3) is 4.54. The van der Waals surface area contributed by atoms with Crippen LogP contribution in [0.15, 0.2) is 11.2 Å². The van der Waals surface area contributed by atoms with Crippen molar-refractivity contribution in [3.8, 4) is 0 Å². The minimum Gasteiger partial charge on any atom is -0.381 e. The highest BCUT2D eigenvalue weighted by molar-refractivity contribution is 7.98. The van der Waals surface area contributed by atoms with Crippen LogP contribution in [-0.4, -0.2) is 42.0 Å². The summed E-state index contributed by atoms with van der Waals surface area (Å²) in [5.41, 5.74) is 0. The maximum absolute atomic E-state index is 5.37. The van der Waals surface area contributed by atoms with Crippen molar-refractivity contribution >= 4 is 23.4 Å². The molecule has 1 saturated heterocycles. The molecule has 6 heteroatoms. The van der Waals surface area contributed by atoms with Crippen LogP contribution in [0, 0.1) is 0 Å². The van der Waals surface area contributed by atoms with Gasteiger partial charge in [-0.3, -0.25) is 0 Å². The fourth-order valence-electron chi connectivity index (χ4n) is 1.99. The molecule has 0 radical (unpaired) electrons. The van der Waals surface area contributed by atoms with Gasteiger partial charge in [-0.15, -0.1) is 0 Å². The number of ether oxygens (including phenoxy) is 1. The largest absolute Gasteiger partial charge is 0.381 e. The summed E-state index contributed by atoms with van der Waals surface area (Å²) in [6, 6.07) is 2.45. The van der Waals surface area contributed by atoms with Crippen molar-refractivity contribution in [1.29, 1.82) is 0 Å². The van der Waals surface area contributed by atoms with Crippen molar-refractivity contribution < 1.29 is 4.74 Å². The fraction of sp³-hybridized carbons (Fsp3) is 0.692. The zero-order chi connectivity index (χ0) is 13.5. The molecule has 2 N–H and O–H groups in total. The van der Waals surface area contributed by atoms with Gasteiger partial charge in [0, 0.05) is 31.9 Å². The number of rotatable bonds is 6. The third-order valence-corrected chi connectivity index (χ3v) is 3.57. The molecule has 0 saturated carbocycles. The van der Waals surface area contributed by atoms with Crippen LogP contribution in [-0.2, 0) is 4.74 Å². The molecule has 1 aliphatic heterocycles. The van der Waals surface area contributed by atoms with Crippen LogP contribution in [0.3, 0.4) is 0 Å².